The number of β-amino-alcohol motifs (C(OH)–C–C–N with tert-alkyl or cyclic N) is 1. The number of anilines is 1. The first-order valence-electron chi connectivity index (χ1n) is 12.0. The maximum Gasteiger partial charge on any atom is 0.322 e. The number of fused-ring (bicyclic) bond motifs is 1. The topological polar surface area (TPSA) is 109 Å². The number of ether oxygens (including phenoxy) is 3. The highest BCUT2D eigenvalue weighted by Crippen LogP contribution is 2.29. The van der Waals surface area contributed by atoms with Gasteiger partial charge in [0.15, 0.2) is 0 Å². The molecule has 2 aliphatic heterocycles. The van der Waals surface area contributed by atoms with E-state index in [1.54, 1.807) is 24.1 Å². The van der Waals surface area contributed by atoms with Crippen molar-refractivity contribution >= 4 is 17.6 Å². The second-order valence-electron chi connectivity index (χ2n) is 8.88. The smallest absolute Gasteiger partial charge is 0.322 e. The lowest BCUT2D eigenvalue weighted by molar-refractivity contribution is -0.149. The summed E-state index contributed by atoms with van der Waals surface area (Å²) >= 11 is 0. The van der Waals surface area contributed by atoms with Crippen LogP contribution in [0.15, 0.2) is 54.6 Å². The molecule has 0 saturated carbocycles. The molecule has 2 fully saturated rings. The molecule has 2 aromatic carbocycles. The number of methoxy groups -OCH3 is 1. The molecule has 2 aromatic rings. The van der Waals surface area contributed by atoms with Crippen LogP contribution in [0.1, 0.15) is 24.8 Å². The Kier molecular flexibility index (Phi) is 8.57. The molecule has 3 N–H and O–H groups in total. The largest absolute Gasteiger partial charge is 0.495 e. The minimum absolute atomic E-state index is 0.0785. The lowest BCUT2D eigenvalue weighted by Crippen LogP contribution is -2.58. The first kappa shape index (κ1) is 25.0. The number of nitrogens with zero attached hydrogens (tertiary/aromatic N) is 1. The number of benzene rings is 2. The number of urea groups is 1. The van der Waals surface area contributed by atoms with Gasteiger partial charge in [0.05, 0.1) is 57.2 Å². The molecule has 2 aliphatic rings. The molecule has 9 nitrogen and oxygen atoms in total. The zero-order valence-corrected chi connectivity index (χ0v) is 19.9. The molecule has 0 aliphatic carbocycles. The number of hydrogen-bond donors (Lipinski definition) is 3. The van der Waals surface area contributed by atoms with Gasteiger partial charge in [0.2, 0.25) is 5.91 Å². The minimum atomic E-state index is -0.805. The molecular weight excluding hydrogens is 450 g/mol. The summed E-state index contributed by atoms with van der Waals surface area (Å²) in [6.07, 6.45) is 0.0311. The molecule has 9 heteroatoms. The lowest BCUT2D eigenvalue weighted by Gasteiger charge is -2.44. The fourth-order valence-electron chi connectivity index (χ4n) is 4.58. The van der Waals surface area contributed by atoms with Crippen molar-refractivity contribution in [2.24, 2.45) is 0 Å². The van der Waals surface area contributed by atoms with Crippen LogP contribution >= 0.6 is 0 Å². The summed E-state index contributed by atoms with van der Waals surface area (Å²) in [5.74, 6) is 0.472. The van der Waals surface area contributed by atoms with Gasteiger partial charge in [-0.05, 0) is 30.5 Å². The number of para-hydroxylation sites is 2. The van der Waals surface area contributed by atoms with E-state index in [4.69, 9.17) is 14.2 Å². The third-order valence-electron chi connectivity index (χ3n) is 6.34. The van der Waals surface area contributed by atoms with Gasteiger partial charge in [0.1, 0.15) is 11.9 Å². The van der Waals surface area contributed by atoms with Crippen molar-refractivity contribution in [3.8, 4) is 5.75 Å². The van der Waals surface area contributed by atoms with Crippen LogP contribution in [0.2, 0.25) is 0 Å². The van der Waals surface area contributed by atoms with Crippen LogP contribution in [0.3, 0.4) is 0 Å². The average Bonchev–Trinajstić information content (AvgIpc) is 2.86. The number of hydrogen-bond acceptors (Lipinski definition) is 6. The van der Waals surface area contributed by atoms with Crippen molar-refractivity contribution in [3.63, 3.8) is 0 Å². The van der Waals surface area contributed by atoms with E-state index < -0.39 is 12.2 Å². The predicted octanol–water partition coefficient (Wildman–Crippen LogP) is 2.54. The van der Waals surface area contributed by atoms with Gasteiger partial charge in [-0.3, -0.25) is 4.79 Å². The van der Waals surface area contributed by atoms with Crippen molar-refractivity contribution in [2.45, 2.75) is 50.2 Å². The van der Waals surface area contributed by atoms with Crippen LogP contribution in [0.25, 0.3) is 0 Å². The Morgan fingerprint density at radius 1 is 1.09 bits per heavy atom. The number of rotatable bonds is 6. The molecule has 4 rings (SSSR count). The second-order valence-corrected chi connectivity index (χ2v) is 8.88. The summed E-state index contributed by atoms with van der Waals surface area (Å²) in [6.45, 7) is 0.930. The predicted molar refractivity (Wildman–Crippen MR) is 130 cm³/mol. The third kappa shape index (κ3) is 6.72. The van der Waals surface area contributed by atoms with E-state index in [-0.39, 0.29) is 50.3 Å². The first-order chi connectivity index (χ1) is 17.0. The Balaban J connectivity index is 1.38. The van der Waals surface area contributed by atoms with Gasteiger partial charge in [-0.2, -0.15) is 0 Å². The Hall–Kier alpha value is -3.14. The van der Waals surface area contributed by atoms with Crippen LogP contribution in [0.4, 0.5) is 10.5 Å². The standard InChI is InChI=1S/C26H33N3O6/c1-33-23-10-6-5-9-21(23)28-26(32)29-15-19(30)16-34-17-24-22(29)12-11-20(35-24)13-25(31)27-14-18-7-3-2-4-8-18/h2-10,19-20,22,24,30H,11-17H2,1H3,(H,27,31)(H,28,32)/t19-,20-,22-,24+/m0/s1. The summed E-state index contributed by atoms with van der Waals surface area (Å²) in [4.78, 5) is 27.4. The molecule has 4 atom stereocenters. The summed E-state index contributed by atoms with van der Waals surface area (Å²) in [5, 5.41) is 16.2. The molecule has 0 radical (unpaired) electrons. The highest BCUT2D eigenvalue weighted by Gasteiger charge is 2.40. The van der Waals surface area contributed by atoms with Crippen molar-refractivity contribution < 1.29 is 28.9 Å². The SMILES string of the molecule is COc1ccccc1NC(=O)N1C[C@H](O)COC[C@H]2O[C@H](CC(=O)NCc3ccccc3)CC[C@@H]21. The number of aliphatic hydroxyl groups is 1. The van der Waals surface area contributed by atoms with Gasteiger partial charge >= 0.3 is 6.03 Å². The maximum absolute atomic E-state index is 13.3. The molecule has 0 aromatic heterocycles. The van der Waals surface area contributed by atoms with Gasteiger partial charge in [0, 0.05) is 6.54 Å². The average molecular weight is 484 g/mol. The van der Waals surface area contributed by atoms with Gasteiger partial charge in [0.25, 0.3) is 0 Å². The highest BCUT2D eigenvalue weighted by molar-refractivity contribution is 5.91. The number of carbonyl (C=O) groups excluding carboxylic acids is 2. The molecule has 2 saturated heterocycles. The van der Waals surface area contributed by atoms with Crippen molar-refractivity contribution in [2.75, 3.05) is 32.2 Å². The van der Waals surface area contributed by atoms with Gasteiger partial charge in [-0.1, -0.05) is 42.5 Å². The number of amides is 3. The monoisotopic (exact) mass is 483 g/mol. The van der Waals surface area contributed by atoms with Crippen molar-refractivity contribution in [1.29, 1.82) is 0 Å². The van der Waals surface area contributed by atoms with E-state index in [2.05, 4.69) is 10.6 Å². The van der Waals surface area contributed by atoms with E-state index in [1.807, 2.05) is 42.5 Å². The van der Waals surface area contributed by atoms with E-state index in [0.717, 1.165) is 5.56 Å². The fourth-order valence-corrected chi connectivity index (χ4v) is 4.58. The van der Waals surface area contributed by atoms with Crippen LogP contribution < -0.4 is 15.4 Å². The zero-order chi connectivity index (χ0) is 24.6. The van der Waals surface area contributed by atoms with Crippen LogP contribution in [-0.2, 0) is 20.8 Å². The molecular formula is C26H33N3O6. The van der Waals surface area contributed by atoms with Crippen molar-refractivity contribution in [3.05, 3.63) is 60.2 Å². The molecule has 0 unspecified atom stereocenters. The normalized spacial score (nSPS) is 24.5. The summed E-state index contributed by atoms with van der Waals surface area (Å²) in [5.41, 5.74) is 1.59. The maximum atomic E-state index is 13.3. The van der Waals surface area contributed by atoms with Crippen LogP contribution in [-0.4, -0.2) is 73.2 Å². The fraction of sp³-hybridized carbons (Fsp3) is 0.462. The molecule has 0 spiro atoms. The Morgan fingerprint density at radius 3 is 2.66 bits per heavy atom. The Morgan fingerprint density at radius 2 is 1.86 bits per heavy atom. The third-order valence-corrected chi connectivity index (χ3v) is 6.34. The van der Waals surface area contributed by atoms with E-state index in [9.17, 15) is 14.7 Å². The van der Waals surface area contributed by atoms with Crippen molar-refractivity contribution in [1.82, 2.24) is 10.2 Å². The molecule has 188 valence electrons. The second kappa shape index (κ2) is 12.0. The minimum Gasteiger partial charge on any atom is -0.495 e. The van der Waals surface area contributed by atoms with Gasteiger partial charge in [-0.25, -0.2) is 4.79 Å². The lowest BCUT2D eigenvalue weighted by atomic mass is 9.95. The first-order valence-corrected chi connectivity index (χ1v) is 12.0. The highest BCUT2D eigenvalue weighted by atomic mass is 16.5. The summed E-state index contributed by atoms with van der Waals surface area (Å²) in [6, 6.07) is 16.3. The summed E-state index contributed by atoms with van der Waals surface area (Å²) < 4.78 is 17.2. The quantitative estimate of drug-likeness (QED) is 0.583. The number of nitrogens with one attached hydrogen (secondary N) is 2. The molecule has 35 heavy (non-hydrogen) atoms. The van der Waals surface area contributed by atoms with E-state index in [0.29, 0.717) is 30.8 Å². The molecule has 2 heterocycles. The number of aliphatic hydroxyl groups excluding tert-OH is 1. The molecule has 3 amide bonds. The van der Waals surface area contributed by atoms with Crippen LogP contribution in [0, 0.1) is 0 Å². The van der Waals surface area contributed by atoms with Crippen LogP contribution in [0.5, 0.6) is 5.75 Å². The van der Waals surface area contributed by atoms with E-state index in [1.165, 1.54) is 0 Å². The Bertz CT molecular complexity index is 988. The zero-order valence-electron chi connectivity index (χ0n) is 19.9. The van der Waals surface area contributed by atoms with E-state index >= 15 is 0 Å². The number of carbonyl (C=O) groups is 2. The Labute approximate surface area is 205 Å². The summed E-state index contributed by atoms with van der Waals surface area (Å²) in [7, 11) is 1.54. The molecule has 0 bridgehead atoms. The van der Waals surface area contributed by atoms with Gasteiger partial charge < -0.3 is 34.9 Å². The van der Waals surface area contributed by atoms with Gasteiger partial charge in [-0.15, -0.1) is 0 Å².